The molecule has 0 aliphatic heterocycles. The van der Waals surface area contributed by atoms with Gasteiger partial charge in [0.1, 0.15) is 0 Å². The summed E-state index contributed by atoms with van der Waals surface area (Å²) in [6.07, 6.45) is -4.69. The Balaban J connectivity index is 2.43. The zero-order valence-corrected chi connectivity index (χ0v) is 12.0. The average Bonchev–Trinajstić information content (AvgIpc) is 2.46. The van der Waals surface area contributed by atoms with Crippen LogP contribution >= 0.6 is 11.6 Å². The average molecular weight is 343 g/mol. The van der Waals surface area contributed by atoms with E-state index in [1.807, 2.05) is 0 Å². The maximum absolute atomic E-state index is 12.7. The van der Waals surface area contributed by atoms with Gasteiger partial charge in [0, 0.05) is 5.56 Å². The van der Waals surface area contributed by atoms with Gasteiger partial charge in [-0.2, -0.15) is 13.2 Å². The molecule has 0 heterocycles. The predicted molar refractivity (Wildman–Crippen MR) is 75.2 cm³/mol. The van der Waals surface area contributed by atoms with Crippen LogP contribution in [-0.4, -0.2) is 11.9 Å². The maximum Gasteiger partial charge on any atom is 0.416 e. The molecule has 1 N–H and O–H groups in total. The Labute approximate surface area is 133 Å². The van der Waals surface area contributed by atoms with Gasteiger partial charge >= 0.3 is 6.18 Å². The number of alkyl halides is 3. The highest BCUT2D eigenvalue weighted by Crippen LogP contribution is 2.32. The first-order valence-electron chi connectivity index (χ1n) is 6.18. The third-order valence-corrected chi connectivity index (χ3v) is 3.26. The number of carbonyl (C=O) groups excluding carboxylic acids is 2. The number of carboxylic acids is 1. The number of benzene rings is 2. The topological polar surface area (TPSA) is 69.2 Å². The largest absolute Gasteiger partial charge is 0.545 e. The van der Waals surface area contributed by atoms with Crippen LogP contribution in [0.4, 0.5) is 18.9 Å². The lowest BCUT2D eigenvalue weighted by molar-refractivity contribution is -0.254. The molecular weight excluding hydrogens is 335 g/mol. The van der Waals surface area contributed by atoms with Crippen molar-refractivity contribution >= 4 is 29.2 Å². The van der Waals surface area contributed by atoms with Gasteiger partial charge in [0.15, 0.2) is 0 Å². The summed E-state index contributed by atoms with van der Waals surface area (Å²) in [7, 11) is 0. The number of nitrogens with one attached hydrogen (secondary N) is 1. The van der Waals surface area contributed by atoms with Crippen LogP contribution in [0.5, 0.6) is 0 Å². The minimum atomic E-state index is -4.69. The minimum Gasteiger partial charge on any atom is -0.545 e. The lowest BCUT2D eigenvalue weighted by Gasteiger charge is -2.15. The third-order valence-electron chi connectivity index (χ3n) is 2.93. The van der Waals surface area contributed by atoms with E-state index < -0.39 is 34.9 Å². The summed E-state index contributed by atoms with van der Waals surface area (Å²) < 4.78 is 38.2. The van der Waals surface area contributed by atoms with Crippen LogP contribution in [0.1, 0.15) is 26.3 Å². The number of aromatic carboxylic acids is 1. The fraction of sp³-hybridized carbons (Fsp3) is 0.0667. The molecule has 0 aliphatic rings. The van der Waals surface area contributed by atoms with Gasteiger partial charge in [-0.1, -0.05) is 29.8 Å². The highest BCUT2D eigenvalue weighted by molar-refractivity contribution is 6.34. The number of hydrogen-bond acceptors (Lipinski definition) is 3. The Hall–Kier alpha value is -2.54. The number of hydrogen-bond donors (Lipinski definition) is 1. The summed E-state index contributed by atoms with van der Waals surface area (Å²) in [6, 6.07) is 7.69. The van der Waals surface area contributed by atoms with Crippen LogP contribution in [0.2, 0.25) is 5.02 Å². The Kier molecular flexibility index (Phi) is 4.60. The fourth-order valence-electron chi connectivity index (χ4n) is 1.84. The van der Waals surface area contributed by atoms with E-state index in [9.17, 15) is 27.9 Å². The van der Waals surface area contributed by atoms with Crippen LogP contribution in [0.25, 0.3) is 0 Å². The first-order valence-corrected chi connectivity index (χ1v) is 6.56. The van der Waals surface area contributed by atoms with E-state index in [0.29, 0.717) is 12.1 Å². The van der Waals surface area contributed by atoms with Crippen LogP contribution in [0, 0.1) is 0 Å². The van der Waals surface area contributed by atoms with Crippen molar-refractivity contribution in [3.8, 4) is 0 Å². The molecule has 0 radical (unpaired) electrons. The lowest BCUT2D eigenvalue weighted by Crippen LogP contribution is -2.25. The van der Waals surface area contributed by atoms with E-state index >= 15 is 0 Å². The quantitative estimate of drug-likeness (QED) is 0.932. The highest BCUT2D eigenvalue weighted by atomic mass is 35.5. The van der Waals surface area contributed by atoms with E-state index in [0.717, 1.165) is 6.07 Å². The number of halogens is 4. The van der Waals surface area contributed by atoms with Crippen molar-refractivity contribution in [3.05, 3.63) is 64.2 Å². The summed E-state index contributed by atoms with van der Waals surface area (Å²) in [5.41, 5.74) is -2.20. The molecule has 0 bridgehead atoms. The molecule has 4 nitrogen and oxygen atoms in total. The van der Waals surface area contributed by atoms with E-state index in [2.05, 4.69) is 5.32 Å². The smallest absolute Gasteiger partial charge is 0.416 e. The summed E-state index contributed by atoms with van der Waals surface area (Å²) >= 11 is 5.82. The van der Waals surface area contributed by atoms with Crippen LogP contribution in [0.15, 0.2) is 42.5 Å². The van der Waals surface area contributed by atoms with Crippen molar-refractivity contribution in [2.75, 3.05) is 5.32 Å². The molecule has 8 heteroatoms. The molecule has 2 rings (SSSR count). The third kappa shape index (κ3) is 3.81. The van der Waals surface area contributed by atoms with Gasteiger partial charge in [0.25, 0.3) is 5.91 Å². The Bertz CT molecular complexity index is 775. The molecule has 0 aromatic heterocycles. The second-order valence-electron chi connectivity index (χ2n) is 4.48. The molecule has 0 aliphatic carbocycles. The Morgan fingerprint density at radius 3 is 2.26 bits per heavy atom. The van der Waals surface area contributed by atoms with Gasteiger partial charge in [-0.15, -0.1) is 0 Å². The predicted octanol–water partition coefficient (Wildman–Crippen LogP) is 2.97. The zero-order valence-electron chi connectivity index (χ0n) is 11.3. The molecule has 23 heavy (non-hydrogen) atoms. The number of carbonyl (C=O) groups is 2. The van der Waals surface area contributed by atoms with Crippen molar-refractivity contribution in [2.24, 2.45) is 0 Å². The van der Waals surface area contributed by atoms with Crippen molar-refractivity contribution in [1.29, 1.82) is 0 Å². The molecule has 0 saturated heterocycles. The lowest BCUT2D eigenvalue weighted by atomic mass is 10.1. The molecule has 120 valence electrons. The second-order valence-corrected chi connectivity index (χ2v) is 4.89. The summed E-state index contributed by atoms with van der Waals surface area (Å²) in [6.45, 7) is 0. The van der Waals surface area contributed by atoms with Crippen LogP contribution in [0.3, 0.4) is 0 Å². The van der Waals surface area contributed by atoms with Crippen LogP contribution < -0.4 is 10.4 Å². The van der Waals surface area contributed by atoms with Gasteiger partial charge in [-0.3, -0.25) is 4.79 Å². The molecular formula is C15H8ClF3NO3-. The summed E-state index contributed by atoms with van der Waals surface area (Å²) in [4.78, 5) is 23.1. The van der Waals surface area contributed by atoms with E-state index in [4.69, 9.17) is 11.6 Å². The fourth-order valence-corrected chi connectivity index (χ4v) is 2.06. The first kappa shape index (κ1) is 16.8. The molecule has 0 saturated carbocycles. The van der Waals surface area contributed by atoms with Gasteiger partial charge in [-0.25, -0.2) is 0 Å². The Morgan fingerprint density at radius 2 is 1.70 bits per heavy atom. The van der Waals surface area contributed by atoms with Crippen molar-refractivity contribution in [1.82, 2.24) is 0 Å². The van der Waals surface area contributed by atoms with Crippen LogP contribution in [-0.2, 0) is 6.18 Å². The summed E-state index contributed by atoms with van der Waals surface area (Å²) in [5, 5.41) is 13.2. The molecule has 0 atom stereocenters. The first-order chi connectivity index (χ1) is 10.7. The van der Waals surface area contributed by atoms with Gasteiger partial charge in [-0.05, 0) is 24.3 Å². The molecule has 2 aromatic rings. The number of anilines is 1. The number of carboxylic acid groups (broad SMARTS) is 1. The van der Waals surface area contributed by atoms with Crippen molar-refractivity contribution < 1.29 is 27.9 Å². The van der Waals surface area contributed by atoms with Crippen molar-refractivity contribution in [3.63, 3.8) is 0 Å². The minimum absolute atomic E-state index is 0.00382. The standard InChI is InChI=1S/C15H9ClF3NO3/c16-11-4-2-1-3-9(11)13(21)20-12-7-8(15(17,18)19)5-6-10(12)14(22)23/h1-7H,(H,20,21)(H,22,23)/p-1. The van der Waals surface area contributed by atoms with Crippen molar-refractivity contribution in [2.45, 2.75) is 6.18 Å². The number of rotatable bonds is 3. The Morgan fingerprint density at radius 1 is 1.04 bits per heavy atom. The monoisotopic (exact) mass is 342 g/mol. The van der Waals surface area contributed by atoms with Gasteiger partial charge in [0.2, 0.25) is 0 Å². The van der Waals surface area contributed by atoms with E-state index in [-0.39, 0.29) is 10.6 Å². The zero-order chi connectivity index (χ0) is 17.2. The van der Waals surface area contributed by atoms with Gasteiger partial charge in [0.05, 0.1) is 27.8 Å². The molecule has 0 fully saturated rings. The summed E-state index contributed by atoms with van der Waals surface area (Å²) in [5.74, 6) is -2.55. The number of amides is 1. The second kappa shape index (κ2) is 6.29. The van der Waals surface area contributed by atoms with Gasteiger partial charge < -0.3 is 15.2 Å². The highest BCUT2D eigenvalue weighted by Gasteiger charge is 2.31. The molecule has 0 spiro atoms. The normalized spacial score (nSPS) is 11.1. The van der Waals surface area contributed by atoms with E-state index in [1.165, 1.54) is 18.2 Å². The molecule has 0 unspecified atom stereocenters. The van der Waals surface area contributed by atoms with E-state index in [1.54, 1.807) is 6.07 Å². The molecule has 2 aromatic carbocycles. The molecule has 1 amide bonds. The maximum atomic E-state index is 12.7. The SMILES string of the molecule is O=C(Nc1cc(C(F)(F)F)ccc1C(=O)[O-])c1ccccc1Cl.